The highest BCUT2D eigenvalue weighted by atomic mass is 16.5. The van der Waals surface area contributed by atoms with Gasteiger partial charge < -0.3 is 9.64 Å². The molecule has 20 heavy (non-hydrogen) atoms. The molecule has 4 nitrogen and oxygen atoms in total. The maximum atomic E-state index is 12.7. The summed E-state index contributed by atoms with van der Waals surface area (Å²) in [6.07, 6.45) is 6.04. The van der Waals surface area contributed by atoms with Gasteiger partial charge in [0.1, 0.15) is 0 Å². The number of nitrogens with zero attached hydrogens (tertiary/aromatic N) is 1. The fraction of sp³-hybridized carbons (Fsp3) is 0.875. The predicted octanol–water partition coefficient (Wildman–Crippen LogP) is 2.61. The lowest BCUT2D eigenvalue weighted by molar-refractivity contribution is -0.151. The second-order valence-electron chi connectivity index (χ2n) is 6.91. The van der Waals surface area contributed by atoms with Gasteiger partial charge in [-0.2, -0.15) is 0 Å². The Morgan fingerprint density at radius 2 is 1.75 bits per heavy atom. The van der Waals surface area contributed by atoms with Crippen molar-refractivity contribution in [1.29, 1.82) is 0 Å². The van der Waals surface area contributed by atoms with Gasteiger partial charge in [0.2, 0.25) is 5.91 Å². The number of methoxy groups -OCH3 is 1. The summed E-state index contributed by atoms with van der Waals surface area (Å²) >= 11 is 0. The minimum Gasteiger partial charge on any atom is -0.469 e. The second kappa shape index (κ2) is 6.15. The highest BCUT2D eigenvalue weighted by Crippen LogP contribution is 2.41. The van der Waals surface area contributed by atoms with Crippen molar-refractivity contribution in [2.75, 3.05) is 20.2 Å². The van der Waals surface area contributed by atoms with Gasteiger partial charge in [-0.25, -0.2) is 0 Å². The Morgan fingerprint density at radius 3 is 2.30 bits per heavy atom. The van der Waals surface area contributed by atoms with Crippen LogP contribution >= 0.6 is 0 Å². The number of piperidine rings is 1. The number of hydrogen-bond acceptors (Lipinski definition) is 3. The van der Waals surface area contributed by atoms with Crippen LogP contribution < -0.4 is 0 Å². The van der Waals surface area contributed by atoms with E-state index < -0.39 is 0 Å². The number of esters is 1. The highest BCUT2D eigenvalue weighted by Gasteiger charge is 2.40. The van der Waals surface area contributed by atoms with Crippen LogP contribution in [0.5, 0.6) is 0 Å². The number of carbonyl (C=O) groups is 2. The maximum Gasteiger partial charge on any atom is 0.308 e. The van der Waals surface area contributed by atoms with E-state index in [2.05, 4.69) is 13.8 Å². The van der Waals surface area contributed by atoms with Crippen LogP contribution in [0.25, 0.3) is 0 Å². The molecule has 1 heterocycles. The number of carbonyl (C=O) groups excluding carboxylic acids is 2. The first-order valence-corrected chi connectivity index (χ1v) is 7.82. The molecule has 1 saturated carbocycles. The summed E-state index contributed by atoms with van der Waals surface area (Å²) < 4.78 is 4.79. The predicted molar refractivity (Wildman–Crippen MR) is 77.1 cm³/mol. The summed E-state index contributed by atoms with van der Waals surface area (Å²) in [5, 5.41) is 0. The second-order valence-corrected chi connectivity index (χ2v) is 6.91. The number of hydrogen-bond donors (Lipinski definition) is 0. The molecule has 4 heteroatoms. The summed E-state index contributed by atoms with van der Waals surface area (Å²) in [7, 11) is 1.43. The third-order valence-corrected chi connectivity index (χ3v) is 5.15. The van der Waals surface area contributed by atoms with E-state index in [4.69, 9.17) is 4.74 Å². The summed E-state index contributed by atoms with van der Waals surface area (Å²) in [6, 6.07) is 0. The first-order chi connectivity index (χ1) is 9.45. The van der Waals surface area contributed by atoms with Crippen molar-refractivity contribution in [3.05, 3.63) is 0 Å². The zero-order chi connectivity index (χ0) is 14.8. The Morgan fingerprint density at radius 1 is 1.10 bits per heavy atom. The molecule has 0 bridgehead atoms. The number of rotatable bonds is 2. The lowest BCUT2D eigenvalue weighted by atomic mass is 9.68. The molecule has 114 valence electrons. The fourth-order valence-electron chi connectivity index (χ4n) is 3.67. The molecule has 0 aromatic rings. The number of amides is 1. The average molecular weight is 281 g/mol. The van der Waals surface area contributed by atoms with Crippen molar-refractivity contribution in [2.24, 2.45) is 17.3 Å². The third kappa shape index (κ3) is 3.15. The molecule has 2 fully saturated rings. The molecule has 1 aliphatic carbocycles. The van der Waals surface area contributed by atoms with Crippen LogP contribution in [0.1, 0.15) is 52.4 Å². The summed E-state index contributed by atoms with van der Waals surface area (Å²) in [6.45, 7) is 5.84. The van der Waals surface area contributed by atoms with Gasteiger partial charge >= 0.3 is 5.97 Å². The first kappa shape index (κ1) is 15.3. The zero-order valence-electron chi connectivity index (χ0n) is 13.0. The highest BCUT2D eigenvalue weighted by molar-refractivity contribution is 5.80. The monoisotopic (exact) mass is 281 g/mol. The van der Waals surface area contributed by atoms with Crippen LogP contribution in [0.4, 0.5) is 0 Å². The molecular weight excluding hydrogens is 254 g/mol. The van der Waals surface area contributed by atoms with Gasteiger partial charge in [-0.1, -0.05) is 26.7 Å². The standard InChI is InChI=1S/C16H27NO3/c1-16(2)9-5-4-6-13(16)14(18)17-10-7-12(8-11-17)15(19)20-3/h12-13H,4-11H2,1-3H3. The molecule has 1 saturated heterocycles. The Hall–Kier alpha value is -1.06. The van der Waals surface area contributed by atoms with Crippen LogP contribution in [-0.4, -0.2) is 37.0 Å². The van der Waals surface area contributed by atoms with Gasteiger partial charge in [-0.15, -0.1) is 0 Å². The molecule has 1 aliphatic heterocycles. The molecule has 0 radical (unpaired) electrons. The van der Waals surface area contributed by atoms with Crippen molar-refractivity contribution in [3.8, 4) is 0 Å². The van der Waals surface area contributed by atoms with Gasteiger partial charge in [0, 0.05) is 19.0 Å². The molecule has 0 spiro atoms. The van der Waals surface area contributed by atoms with E-state index in [9.17, 15) is 9.59 Å². The van der Waals surface area contributed by atoms with Crippen molar-refractivity contribution < 1.29 is 14.3 Å². The fourth-order valence-corrected chi connectivity index (χ4v) is 3.67. The SMILES string of the molecule is COC(=O)C1CCN(C(=O)C2CCCCC2(C)C)CC1. The van der Waals surface area contributed by atoms with Gasteiger partial charge in [-0.05, 0) is 31.1 Å². The van der Waals surface area contributed by atoms with Crippen LogP contribution in [0.2, 0.25) is 0 Å². The zero-order valence-corrected chi connectivity index (χ0v) is 13.0. The molecular formula is C16H27NO3. The smallest absolute Gasteiger partial charge is 0.308 e. The van der Waals surface area contributed by atoms with E-state index in [0.717, 1.165) is 25.7 Å². The van der Waals surface area contributed by atoms with Crippen molar-refractivity contribution in [1.82, 2.24) is 4.90 Å². The van der Waals surface area contributed by atoms with Crippen LogP contribution in [-0.2, 0) is 14.3 Å². The molecule has 1 unspecified atom stereocenters. The minimum absolute atomic E-state index is 0.0246. The quantitative estimate of drug-likeness (QED) is 0.731. The molecule has 0 aromatic heterocycles. The van der Waals surface area contributed by atoms with E-state index in [-0.39, 0.29) is 23.2 Å². The lowest BCUT2D eigenvalue weighted by Crippen LogP contribution is -2.47. The van der Waals surface area contributed by atoms with Crippen LogP contribution in [0.3, 0.4) is 0 Å². The average Bonchev–Trinajstić information content (AvgIpc) is 2.45. The number of ether oxygens (including phenoxy) is 1. The lowest BCUT2D eigenvalue weighted by Gasteiger charge is -2.41. The third-order valence-electron chi connectivity index (χ3n) is 5.15. The van der Waals surface area contributed by atoms with E-state index >= 15 is 0 Å². The van der Waals surface area contributed by atoms with Crippen molar-refractivity contribution >= 4 is 11.9 Å². The number of likely N-dealkylation sites (tertiary alicyclic amines) is 1. The van der Waals surface area contributed by atoms with Gasteiger partial charge in [0.25, 0.3) is 0 Å². The van der Waals surface area contributed by atoms with Crippen molar-refractivity contribution in [2.45, 2.75) is 52.4 Å². The van der Waals surface area contributed by atoms with Crippen LogP contribution in [0, 0.1) is 17.3 Å². The molecule has 2 rings (SSSR count). The Bertz CT molecular complexity index is 370. The molecule has 1 atom stereocenters. The topological polar surface area (TPSA) is 46.6 Å². The van der Waals surface area contributed by atoms with Crippen molar-refractivity contribution in [3.63, 3.8) is 0 Å². The summed E-state index contributed by atoms with van der Waals surface area (Å²) in [5.74, 6) is 0.308. The maximum absolute atomic E-state index is 12.7. The van der Waals surface area contributed by atoms with Gasteiger partial charge in [0.05, 0.1) is 13.0 Å². The first-order valence-electron chi connectivity index (χ1n) is 7.82. The van der Waals surface area contributed by atoms with E-state index in [1.165, 1.54) is 20.0 Å². The largest absolute Gasteiger partial charge is 0.469 e. The molecule has 0 N–H and O–H groups in total. The Balaban J connectivity index is 1.93. The van der Waals surface area contributed by atoms with E-state index in [0.29, 0.717) is 19.0 Å². The summed E-state index contributed by atoms with van der Waals surface area (Å²) in [4.78, 5) is 26.2. The Kier molecular flexibility index (Phi) is 4.71. The van der Waals surface area contributed by atoms with Crippen LogP contribution in [0.15, 0.2) is 0 Å². The molecule has 1 amide bonds. The molecule has 0 aromatic carbocycles. The molecule has 2 aliphatic rings. The van der Waals surface area contributed by atoms with Gasteiger partial charge in [-0.3, -0.25) is 9.59 Å². The van der Waals surface area contributed by atoms with Gasteiger partial charge in [0.15, 0.2) is 0 Å². The van der Waals surface area contributed by atoms with E-state index in [1.54, 1.807) is 0 Å². The minimum atomic E-state index is -0.130. The Labute approximate surface area is 121 Å². The normalized spacial score (nSPS) is 27.1. The summed E-state index contributed by atoms with van der Waals surface area (Å²) in [5.41, 5.74) is 0.120. The van der Waals surface area contributed by atoms with E-state index in [1.807, 2.05) is 4.90 Å².